The smallest absolute Gasteiger partial charge is 0.191 e. The van der Waals surface area contributed by atoms with E-state index >= 15 is 0 Å². The molecule has 0 aliphatic rings. The molecule has 0 fully saturated rings. The lowest BCUT2D eigenvalue weighted by Crippen LogP contribution is -2.38. The van der Waals surface area contributed by atoms with Gasteiger partial charge in [0.05, 0.1) is 7.11 Å². The van der Waals surface area contributed by atoms with Crippen LogP contribution >= 0.6 is 0 Å². The molecular weight excluding hydrogens is 298 g/mol. The number of guanidine groups is 1. The van der Waals surface area contributed by atoms with Crippen molar-refractivity contribution in [2.24, 2.45) is 4.99 Å². The normalized spacial score (nSPS) is 12.6. The van der Waals surface area contributed by atoms with Crippen LogP contribution in [0.4, 0.5) is 0 Å². The van der Waals surface area contributed by atoms with Crippen LogP contribution in [0.1, 0.15) is 29.5 Å². The summed E-state index contributed by atoms with van der Waals surface area (Å²) in [5.41, 5.74) is 3.79. The Balaban J connectivity index is 1.86. The first-order chi connectivity index (χ1) is 11.6. The molecule has 1 unspecified atom stereocenters. The first-order valence-electron chi connectivity index (χ1n) is 8.26. The number of hydrogen-bond acceptors (Lipinski definition) is 2. The summed E-state index contributed by atoms with van der Waals surface area (Å²) in [7, 11) is 3.47. The van der Waals surface area contributed by atoms with E-state index in [1.54, 1.807) is 14.2 Å². The van der Waals surface area contributed by atoms with Gasteiger partial charge in [-0.25, -0.2) is 0 Å². The number of ether oxygens (including phenoxy) is 1. The lowest BCUT2D eigenvalue weighted by atomic mass is 9.99. The zero-order valence-corrected chi connectivity index (χ0v) is 15.0. The monoisotopic (exact) mass is 325 g/mol. The highest BCUT2D eigenvalue weighted by Gasteiger charge is 2.07. The Labute approximate surface area is 145 Å². The van der Waals surface area contributed by atoms with Crippen molar-refractivity contribution in [3.63, 3.8) is 0 Å². The molecule has 0 amide bonds. The quantitative estimate of drug-likeness (QED) is 0.631. The highest BCUT2D eigenvalue weighted by Crippen LogP contribution is 2.15. The number of methoxy groups -OCH3 is 1. The van der Waals surface area contributed by atoms with E-state index in [1.807, 2.05) is 18.2 Å². The fourth-order valence-electron chi connectivity index (χ4n) is 2.53. The summed E-state index contributed by atoms with van der Waals surface area (Å²) in [5.74, 6) is 2.09. The highest BCUT2D eigenvalue weighted by molar-refractivity contribution is 5.79. The second-order valence-electron chi connectivity index (χ2n) is 5.97. The molecule has 0 aromatic heterocycles. The molecule has 0 bridgehead atoms. The van der Waals surface area contributed by atoms with Gasteiger partial charge in [-0.3, -0.25) is 4.99 Å². The van der Waals surface area contributed by atoms with Crippen LogP contribution in [0.3, 0.4) is 0 Å². The summed E-state index contributed by atoms with van der Waals surface area (Å²) in [6.07, 6.45) is 0. The summed E-state index contributed by atoms with van der Waals surface area (Å²) in [6.45, 7) is 5.88. The molecule has 0 saturated heterocycles. The van der Waals surface area contributed by atoms with Gasteiger partial charge in [-0.05, 0) is 36.1 Å². The molecule has 0 aliphatic heterocycles. The van der Waals surface area contributed by atoms with E-state index in [1.165, 1.54) is 11.1 Å². The molecule has 0 radical (unpaired) electrons. The number of nitrogens with zero attached hydrogens (tertiary/aromatic N) is 1. The highest BCUT2D eigenvalue weighted by atomic mass is 16.5. The zero-order chi connectivity index (χ0) is 17.4. The number of nitrogens with one attached hydrogen (secondary N) is 2. The van der Waals surface area contributed by atoms with Crippen molar-refractivity contribution < 1.29 is 4.74 Å². The van der Waals surface area contributed by atoms with Crippen LogP contribution in [0.2, 0.25) is 0 Å². The zero-order valence-electron chi connectivity index (χ0n) is 15.0. The largest absolute Gasteiger partial charge is 0.497 e. The summed E-state index contributed by atoms with van der Waals surface area (Å²) >= 11 is 0. The minimum atomic E-state index is 0.417. The molecule has 24 heavy (non-hydrogen) atoms. The second kappa shape index (κ2) is 8.96. The predicted octanol–water partition coefficient (Wildman–Crippen LogP) is 3.47. The van der Waals surface area contributed by atoms with Crippen LogP contribution in [0.15, 0.2) is 53.5 Å². The molecule has 0 spiro atoms. The van der Waals surface area contributed by atoms with Gasteiger partial charge >= 0.3 is 0 Å². The summed E-state index contributed by atoms with van der Waals surface area (Å²) in [6, 6.07) is 16.7. The third-order valence-corrected chi connectivity index (χ3v) is 4.00. The topological polar surface area (TPSA) is 45.7 Å². The van der Waals surface area contributed by atoms with E-state index < -0.39 is 0 Å². The third kappa shape index (κ3) is 5.30. The lowest BCUT2D eigenvalue weighted by molar-refractivity contribution is 0.414. The van der Waals surface area contributed by atoms with Gasteiger partial charge in [0.15, 0.2) is 5.96 Å². The Bertz CT molecular complexity index is 682. The molecule has 2 rings (SSSR count). The molecule has 4 heteroatoms. The van der Waals surface area contributed by atoms with Crippen molar-refractivity contribution in [2.45, 2.75) is 26.3 Å². The van der Waals surface area contributed by atoms with E-state index in [2.05, 4.69) is 59.8 Å². The fourth-order valence-corrected chi connectivity index (χ4v) is 2.53. The van der Waals surface area contributed by atoms with Crippen molar-refractivity contribution in [3.05, 3.63) is 65.2 Å². The van der Waals surface area contributed by atoms with Gasteiger partial charge in [0.25, 0.3) is 0 Å². The first kappa shape index (κ1) is 17.9. The molecule has 2 N–H and O–H groups in total. The van der Waals surface area contributed by atoms with Crippen LogP contribution in [0, 0.1) is 6.92 Å². The maximum Gasteiger partial charge on any atom is 0.191 e. The van der Waals surface area contributed by atoms with Crippen molar-refractivity contribution in [3.8, 4) is 5.75 Å². The Kier molecular flexibility index (Phi) is 6.67. The minimum Gasteiger partial charge on any atom is -0.497 e. The van der Waals surface area contributed by atoms with E-state index in [4.69, 9.17) is 4.74 Å². The van der Waals surface area contributed by atoms with Crippen LogP contribution in [0.5, 0.6) is 5.75 Å². The molecule has 0 saturated carbocycles. The number of aliphatic imine (C=N–C) groups is 1. The van der Waals surface area contributed by atoms with Crippen molar-refractivity contribution in [1.29, 1.82) is 0 Å². The van der Waals surface area contributed by atoms with Gasteiger partial charge in [-0.2, -0.15) is 0 Å². The first-order valence-corrected chi connectivity index (χ1v) is 8.26. The summed E-state index contributed by atoms with van der Waals surface area (Å²) < 4.78 is 5.25. The predicted molar refractivity (Wildman–Crippen MR) is 101 cm³/mol. The SMILES string of the molecule is CN=C(NCc1cccc(OC)c1)NCC(C)c1cccc(C)c1. The summed E-state index contributed by atoms with van der Waals surface area (Å²) in [4.78, 5) is 4.29. The van der Waals surface area contributed by atoms with E-state index in [0.717, 1.165) is 23.8 Å². The van der Waals surface area contributed by atoms with Crippen molar-refractivity contribution >= 4 is 5.96 Å². The van der Waals surface area contributed by atoms with Gasteiger partial charge < -0.3 is 15.4 Å². The second-order valence-corrected chi connectivity index (χ2v) is 5.97. The molecular formula is C20H27N3O. The molecule has 0 aliphatic carbocycles. The molecule has 1 atom stereocenters. The molecule has 0 heterocycles. The van der Waals surface area contributed by atoms with Crippen LogP contribution in [0.25, 0.3) is 0 Å². The van der Waals surface area contributed by atoms with Gasteiger partial charge in [-0.15, -0.1) is 0 Å². The maximum absolute atomic E-state index is 5.25. The van der Waals surface area contributed by atoms with Crippen molar-refractivity contribution in [2.75, 3.05) is 20.7 Å². The minimum absolute atomic E-state index is 0.417. The lowest BCUT2D eigenvalue weighted by Gasteiger charge is -2.17. The molecule has 128 valence electrons. The molecule has 4 nitrogen and oxygen atoms in total. The average molecular weight is 325 g/mol. The number of rotatable bonds is 6. The number of benzene rings is 2. The Morgan fingerprint density at radius 1 is 1.12 bits per heavy atom. The Morgan fingerprint density at radius 3 is 2.62 bits per heavy atom. The van der Waals surface area contributed by atoms with Crippen LogP contribution < -0.4 is 15.4 Å². The van der Waals surface area contributed by atoms with Crippen LogP contribution in [-0.4, -0.2) is 26.7 Å². The van der Waals surface area contributed by atoms with Gasteiger partial charge in [0.2, 0.25) is 0 Å². The number of hydrogen-bond donors (Lipinski definition) is 2. The number of aryl methyl sites for hydroxylation is 1. The maximum atomic E-state index is 5.25. The van der Waals surface area contributed by atoms with Gasteiger partial charge in [0.1, 0.15) is 5.75 Å². The van der Waals surface area contributed by atoms with Crippen LogP contribution in [-0.2, 0) is 6.54 Å². The average Bonchev–Trinajstić information content (AvgIpc) is 2.61. The molecule has 2 aromatic rings. The van der Waals surface area contributed by atoms with E-state index in [9.17, 15) is 0 Å². The van der Waals surface area contributed by atoms with E-state index in [0.29, 0.717) is 12.5 Å². The van der Waals surface area contributed by atoms with Gasteiger partial charge in [0, 0.05) is 20.1 Å². The Morgan fingerprint density at radius 2 is 1.92 bits per heavy atom. The Hall–Kier alpha value is -2.49. The van der Waals surface area contributed by atoms with E-state index in [-0.39, 0.29) is 0 Å². The molecule has 2 aromatic carbocycles. The van der Waals surface area contributed by atoms with Gasteiger partial charge in [-0.1, -0.05) is 48.9 Å². The summed E-state index contributed by atoms with van der Waals surface area (Å²) in [5, 5.41) is 6.73. The third-order valence-electron chi connectivity index (χ3n) is 4.00. The van der Waals surface area contributed by atoms with Crippen molar-refractivity contribution in [1.82, 2.24) is 10.6 Å². The standard InChI is InChI=1S/C20H27N3O/c1-15-7-5-9-18(11-15)16(2)13-22-20(21-3)23-14-17-8-6-10-19(12-17)24-4/h5-12,16H,13-14H2,1-4H3,(H2,21,22,23). The fraction of sp³-hybridized carbons (Fsp3) is 0.350.